The summed E-state index contributed by atoms with van der Waals surface area (Å²) in [5, 5.41) is 8.21. The van der Waals surface area contributed by atoms with Crippen LogP contribution in [-0.2, 0) is 6.42 Å². The highest BCUT2D eigenvalue weighted by Gasteiger charge is 1.97. The number of halogens is 1. The topological polar surface area (TPSA) is 56.6 Å². The first-order valence-corrected chi connectivity index (χ1v) is 2.98. The predicted molar refractivity (Wildman–Crippen MR) is 36.3 cm³/mol. The molecule has 0 aromatic carbocycles. The van der Waals surface area contributed by atoms with Crippen molar-refractivity contribution in [2.75, 3.05) is 0 Å². The van der Waals surface area contributed by atoms with Crippen molar-refractivity contribution < 1.29 is 4.39 Å². The SMILES string of the molecule is N#CCc1ccc(F)c(=O)[nH]1. The van der Waals surface area contributed by atoms with Crippen molar-refractivity contribution >= 4 is 0 Å². The van der Waals surface area contributed by atoms with Crippen molar-refractivity contribution in [3.63, 3.8) is 0 Å². The summed E-state index contributed by atoms with van der Waals surface area (Å²) in [6, 6.07) is 4.26. The third-order valence-electron chi connectivity index (χ3n) is 1.19. The number of hydrogen-bond acceptors (Lipinski definition) is 2. The van der Waals surface area contributed by atoms with Crippen molar-refractivity contribution in [3.05, 3.63) is 34.0 Å². The van der Waals surface area contributed by atoms with Crippen molar-refractivity contribution in [1.82, 2.24) is 4.98 Å². The number of aromatic amines is 1. The van der Waals surface area contributed by atoms with Crippen LogP contribution in [0.5, 0.6) is 0 Å². The molecule has 0 radical (unpaired) electrons. The lowest BCUT2D eigenvalue weighted by Gasteiger charge is -1.91. The van der Waals surface area contributed by atoms with Crippen molar-refractivity contribution in [2.24, 2.45) is 0 Å². The van der Waals surface area contributed by atoms with Crippen molar-refractivity contribution in [1.29, 1.82) is 5.26 Å². The standard InChI is InChI=1S/C7H5FN2O/c8-6-2-1-5(3-4-9)10-7(6)11/h1-2H,3H2,(H,10,11). The number of nitrogens with zero attached hydrogens (tertiary/aromatic N) is 1. The fourth-order valence-electron chi connectivity index (χ4n) is 0.685. The monoisotopic (exact) mass is 152 g/mol. The average molecular weight is 152 g/mol. The van der Waals surface area contributed by atoms with Gasteiger partial charge in [0.1, 0.15) is 0 Å². The van der Waals surface area contributed by atoms with Gasteiger partial charge in [0.2, 0.25) is 0 Å². The molecule has 0 spiro atoms. The third-order valence-corrected chi connectivity index (χ3v) is 1.19. The number of nitriles is 1. The summed E-state index contributed by atoms with van der Waals surface area (Å²) in [7, 11) is 0. The summed E-state index contributed by atoms with van der Waals surface area (Å²) in [6.07, 6.45) is 0.0928. The lowest BCUT2D eigenvalue weighted by Crippen LogP contribution is -2.11. The van der Waals surface area contributed by atoms with Gasteiger partial charge in [-0.3, -0.25) is 4.79 Å². The zero-order valence-corrected chi connectivity index (χ0v) is 5.60. The highest BCUT2D eigenvalue weighted by molar-refractivity contribution is 5.09. The van der Waals surface area contributed by atoms with Gasteiger partial charge in [0, 0.05) is 5.69 Å². The lowest BCUT2D eigenvalue weighted by atomic mass is 10.3. The van der Waals surface area contributed by atoms with Crippen LogP contribution in [-0.4, -0.2) is 4.98 Å². The summed E-state index contributed by atoms with van der Waals surface area (Å²) in [5.74, 6) is -0.827. The summed E-state index contributed by atoms with van der Waals surface area (Å²) in [5.41, 5.74) is -0.350. The second-order valence-corrected chi connectivity index (χ2v) is 2.00. The minimum Gasteiger partial charge on any atom is -0.323 e. The van der Waals surface area contributed by atoms with E-state index in [1.807, 2.05) is 6.07 Å². The van der Waals surface area contributed by atoms with Crippen LogP contribution in [0.4, 0.5) is 4.39 Å². The number of aromatic nitrogens is 1. The van der Waals surface area contributed by atoms with Gasteiger partial charge < -0.3 is 4.98 Å². The molecule has 0 fully saturated rings. The van der Waals surface area contributed by atoms with Crippen LogP contribution in [0.25, 0.3) is 0 Å². The maximum absolute atomic E-state index is 12.3. The van der Waals surface area contributed by atoms with Gasteiger partial charge in [-0.2, -0.15) is 5.26 Å². The molecular weight excluding hydrogens is 147 g/mol. The molecule has 0 saturated carbocycles. The molecule has 0 aliphatic carbocycles. The Labute approximate surface area is 62.1 Å². The first kappa shape index (κ1) is 7.48. The molecule has 11 heavy (non-hydrogen) atoms. The maximum Gasteiger partial charge on any atom is 0.284 e. The first-order valence-electron chi connectivity index (χ1n) is 2.98. The van der Waals surface area contributed by atoms with E-state index < -0.39 is 11.4 Å². The lowest BCUT2D eigenvalue weighted by molar-refractivity contribution is 0.606. The van der Waals surface area contributed by atoms with Crippen molar-refractivity contribution in [3.8, 4) is 6.07 Å². The van der Waals surface area contributed by atoms with E-state index in [0.29, 0.717) is 5.69 Å². The van der Waals surface area contributed by atoms with E-state index in [0.717, 1.165) is 6.07 Å². The van der Waals surface area contributed by atoms with E-state index in [2.05, 4.69) is 4.98 Å². The zero-order valence-electron chi connectivity index (χ0n) is 5.60. The Morgan fingerprint density at radius 3 is 2.91 bits per heavy atom. The molecule has 56 valence electrons. The molecule has 1 N–H and O–H groups in total. The van der Waals surface area contributed by atoms with Crippen LogP contribution in [0.3, 0.4) is 0 Å². The van der Waals surface area contributed by atoms with Crippen LogP contribution in [0.15, 0.2) is 16.9 Å². The fourth-order valence-corrected chi connectivity index (χ4v) is 0.685. The number of nitrogens with one attached hydrogen (secondary N) is 1. The molecule has 1 rings (SSSR count). The van der Waals surface area contributed by atoms with E-state index in [9.17, 15) is 9.18 Å². The summed E-state index contributed by atoms with van der Waals surface area (Å²) in [4.78, 5) is 12.8. The predicted octanol–water partition coefficient (Wildman–Crippen LogP) is 0.580. The molecule has 0 unspecified atom stereocenters. The van der Waals surface area contributed by atoms with E-state index in [4.69, 9.17) is 5.26 Å². The Bertz CT molecular complexity index is 350. The average Bonchev–Trinajstić information content (AvgIpc) is 1.98. The molecule has 1 aromatic rings. The maximum atomic E-state index is 12.3. The second-order valence-electron chi connectivity index (χ2n) is 2.00. The van der Waals surface area contributed by atoms with Gasteiger partial charge in [-0.05, 0) is 12.1 Å². The van der Waals surface area contributed by atoms with E-state index in [1.165, 1.54) is 6.07 Å². The number of pyridine rings is 1. The molecule has 1 heterocycles. The Hall–Kier alpha value is -1.63. The van der Waals surface area contributed by atoms with Crippen LogP contribution < -0.4 is 5.56 Å². The van der Waals surface area contributed by atoms with Gasteiger partial charge in [0.25, 0.3) is 5.56 Å². The molecule has 4 heteroatoms. The minimum absolute atomic E-state index is 0.0928. The molecule has 0 amide bonds. The number of H-pyrrole nitrogens is 1. The molecule has 0 aliphatic heterocycles. The van der Waals surface area contributed by atoms with Gasteiger partial charge in [-0.25, -0.2) is 4.39 Å². The normalized spacial score (nSPS) is 9.09. The summed E-state index contributed by atoms with van der Waals surface area (Å²) < 4.78 is 12.3. The van der Waals surface area contributed by atoms with Crippen molar-refractivity contribution in [2.45, 2.75) is 6.42 Å². The van der Waals surface area contributed by atoms with Crippen LogP contribution in [0.1, 0.15) is 5.69 Å². The van der Waals surface area contributed by atoms with E-state index in [-0.39, 0.29) is 6.42 Å². The number of hydrogen-bond donors (Lipinski definition) is 1. The molecular formula is C7H5FN2O. The summed E-state index contributed by atoms with van der Waals surface area (Å²) >= 11 is 0. The Morgan fingerprint density at radius 1 is 1.64 bits per heavy atom. The van der Waals surface area contributed by atoms with Crippen LogP contribution in [0, 0.1) is 17.1 Å². The molecule has 1 aromatic heterocycles. The Balaban J connectivity index is 3.08. The quantitative estimate of drug-likeness (QED) is 0.639. The summed E-state index contributed by atoms with van der Waals surface area (Å²) in [6.45, 7) is 0. The Kier molecular flexibility index (Phi) is 2.02. The molecule has 0 atom stereocenters. The van der Waals surface area contributed by atoms with Gasteiger partial charge in [-0.1, -0.05) is 0 Å². The van der Waals surface area contributed by atoms with Crippen LogP contribution in [0.2, 0.25) is 0 Å². The Morgan fingerprint density at radius 2 is 2.36 bits per heavy atom. The smallest absolute Gasteiger partial charge is 0.284 e. The fraction of sp³-hybridized carbons (Fsp3) is 0.143. The zero-order chi connectivity index (χ0) is 8.27. The molecule has 0 saturated heterocycles. The van der Waals surface area contributed by atoms with Crippen LogP contribution >= 0.6 is 0 Å². The highest BCUT2D eigenvalue weighted by atomic mass is 19.1. The second kappa shape index (κ2) is 2.97. The van der Waals surface area contributed by atoms with E-state index >= 15 is 0 Å². The van der Waals surface area contributed by atoms with Gasteiger partial charge in [-0.15, -0.1) is 0 Å². The van der Waals surface area contributed by atoms with Gasteiger partial charge >= 0.3 is 0 Å². The molecule has 3 nitrogen and oxygen atoms in total. The van der Waals surface area contributed by atoms with Gasteiger partial charge in [0.05, 0.1) is 12.5 Å². The molecule has 0 bridgehead atoms. The van der Waals surface area contributed by atoms with Gasteiger partial charge in [0.15, 0.2) is 5.82 Å². The highest BCUT2D eigenvalue weighted by Crippen LogP contribution is 1.92. The van der Waals surface area contributed by atoms with E-state index in [1.54, 1.807) is 0 Å². The number of rotatable bonds is 1. The third kappa shape index (κ3) is 1.64. The minimum atomic E-state index is -0.827. The molecule has 0 aliphatic rings. The first-order chi connectivity index (χ1) is 5.24. The largest absolute Gasteiger partial charge is 0.323 e.